The van der Waals surface area contributed by atoms with E-state index in [0.29, 0.717) is 0 Å². The molecule has 27 heavy (non-hydrogen) atoms. The van der Waals surface area contributed by atoms with Gasteiger partial charge in [-0.25, -0.2) is 4.98 Å². The number of carbonyl (C=O) groups is 1. The fourth-order valence-corrected chi connectivity index (χ4v) is 3.88. The maximum Gasteiger partial charge on any atom is 0.257 e. The molecule has 2 fully saturated rings. The first kappa shape index (κ1) is 17.6. The van der Waals surface area contributed by atoms with Crippen molar-refractivity contribution in [1.82, 2.24) is 9.88 Å². The first-order chi connectivity index (χ1) is 13.3. The highest BCUT2D eigenvalue weighted by atomic mass is 16.5. The molecule has 2 aliphatic rings. The molecule has 2 aliphatic heterocycles. The molecule has 2 saturated heterocycles. The fourth-order valence-electron chi connectivity index (χ4n) is 3.88. The lowest BCUT2D eigenvalue weighted by atomic mass is 10.1. The molecule has 4 rings (SSSR count). The van der Waals surface area contributed by atoms with Gasteiger partial charge in [0, 0.05) is 51.2 Å². The normalized spacial score (nSPS) is 17.3. The number of piperazine rings is 1. The van der Waals surface area contributed by atoms with Crippen LogP contribution in [0.1, 0.15) is 23.2 Å². The van der Waals surface area contributed by atoms with Crippen LogP contribution in [0.15, 0.2) is 42.6 Å². The Hall–Kier alpha value is -2.76. The van der Waals surface area contributed by atoms with Gasteiger partial charge < -0.3 is 19.4 Å². The Morgan fingerprint density at radius 2 is 1.63 bits per heavy atom. The lowest BCUT2D eigenvalue weighted by Crippen LogP contribution is -2.49. The van der Waals surface area contributed by atoms with Crippen LogP contribution >= 0.6 is 0 Å². The number of rotatable bonds is 4. The summed E-state index contributed by atoms with van der Waals surface area (Å²) in [4.78, 5) is 24.1. The van der Waals surface area contributed by atoms with Crippen molar-refractivity contribution in [3.63, 3.8) is 0 Å². The van der Waals surface area contributed by atoms with Crippen LogP contribution in [0.4, 0.5) is 11.5 Å². The minimum absolute atomic E-state index is 0.0966. The zero-order valence-corrected chi connectivity index (χ0v) is 15.8. The van der Waals surface area contributed by atoms with E-state index in [2.05, 4.69) is 26.9 Å². The first-order valence-electron chi connectivity index (χ1n) is 9.64. The Bertz CT molecular complexity index is 779. The van der Waals surface area contributed by atoms with Gasteiger partial charge in [-0.2, -0.15) is 0 Å². The summed E-state index contributed by atoms with van der Waals surface area (Å²) < 4.78 is 5.23. The summed E-state index contributed by atoms with van der Waals surface area (Å²) in [5, 5.41) is 0. The van der Waals surface area contributed by atoms with E-state index in [0.717, 1.165) is 56.4 Å². The fraction of sp³-hybridized carbons (Fsp3) is 0.429. The van der Waals surface area contributed by atoms with Crippen molar-refractivity contribution in [2.45, 2.75) is 12.8 Å². The molecule has 0 unspecified atom stereocenters. The predicted octanol–water partition coefficient (Wildman–Crippen LogP) is 2.65. The average Bonchev–Trinajstić information content (AvgIpc) is 3.28. The van der Waals surface area contributed by atoms with Crippen molar-refractivity contribution in [2.24, 2.45) is 0 Å². The van der Waals surface area contributed by atoms with E-state index in [9.17, 15) is 4.79 Å². The third kappa shape index (κ3) is 3.70. The Morgan fingerprint density at radius 1 is 0.926 bits per heavy atom. The Morgan fingerprint density at radius 3 is 2.30 bits per heavy atom. The van der Waals surface area contributed by atoms with Crippen LogP contribution < -0.4 is 14.5 Å². The summed E-state index contributed by atoms with van der Waals surface area (Å²) in [6.07, 6.45) is 4.13. The smallest absolute Gasteiger partial charge is 0.257 e. The van der Waals surface area contributed by atoms with Gasteiger partial charge in [-0.3, -0.25) is 4.79 Å². The number of carbonyl (C=O) groups excluding carboxylic acids is 1. The van der Waals surface area contributed by atoms with Crippen LogP contribution in [-0.2, 0) is 0 Å². The van der Waals surface area contributed by atoms with E-state index in [1.807, 2.05) is 29.2 Å². The Labute approximate surface area is 160 Å². The molecule has 1 amide bonds. The largest absolute Gasteiger partial charge is 0.497 e. The number of nitrogens with zero attached hydrogens (tertiary/aromatic N) is 4. The van der Waals surface area contributed by atoms with Crippen LogP contribution in [0.25, 0.3) is 0 Å². The number of ether oxygens (including phenoxy) is 1. The number of aromatic nitrogens is 1. The van der Waals surface area contributed by atoms with E-state index in [1.54, 1.807) is 13.3 Å². The van der Waals surface area contributed by atoms with E-state index in [4.69, 9.17) is 4.74 Å². The predicted molar refractivity (Wildman–Crippen MR) is 107 cm³/mol. The molecule has 3 heterocycles. The summed E-state index contributed by atoms with van der Waals surface area (Å²) in [7, 11) is 1.67. The molecule has 6 heteroatoms. The Balaban J connectivity index is 1.43. The SMILES string of the molecule is COc1ccc(N2CCN(C(=O)c3cccnc3N3CCCC3)CC2)cc1. The van der Waals surface area contributed by atoms with Gasteiger partial charge in [-0.05, 0) is 49.2 Å². The van der Waals surface area contributed by atoms with Crippen LogP contribution in [-0.4, -0.2) is 62.2 Å². The second kappa shape index (κ2) is 7.86. The second-order valence-electron chi connectivity index (χ2n) is 7.05. The summed E-state index contributed by atoms with van der Waals surface area (Å²) in [5.74, 6) is 1.80. The van der Waals surface area contributed by atoms with Gasteiger partial charge in [0.15, 0.2) is 0 Å². The van der Waals surface area contributed by atoms with Gasteiger partial charge in [0.05, 0.1) is 12.7 Å². The van der Waals surface area contributed by atoms with Gasteiger partial charge in [-0.15, -0.1) is 0 Å². The van der Waals surface area contributed by atoms with Crippen LogP contribution in [0, 0.1) is 0 Å². The first-order valence-corrected chi connectivity index (χ1v) is 9.64. The van der Waals surface area contributed by atoms with E-state index < -0.39 is 0 Å². The quantitative estimate of drug-likeness (QED) is 0.833. The minimum atomic E-state index is 0.0966. The van der Waals surface area contributed by atoms with Gasteiger partial charge >= 0.3 is 0 Å². The molecule has 0 radical (unpaired) electrons. The molecule has 0 N–H and O–H groups in total. The van der Waals surface area contributed by atoms with Crippen molar-refractivity contribution >= 4 is 17.4 Å². The number of amides is 1. The maximum atomic E-state index is 13.1. The molecule has 0 atom stereocenters. The number of hydrogen-bond donors (Lipinski definition) is 0. The minimum Gasteiger partial charge on any atom is -0.497 e. The number of benzene rings is 1. The molecule has 6 nitrogen and oxygen atoms in total. The molecule has 2 aromatic rings. The lowest BCUT2D eigenvalue weighted by Gasteiger charge is -2.36. The molecule has 142 valence electrons. The molecule has 0 aliphatic carbocycles. The van der Waals surface area contributed by atoms with E-state index in [-0.39, 0.29) is 5.91 Å². The van der Waals surface area contributed by atoms with Gasteiger partial charge in [0.25, 0.3) is 5.91 Å². The summed E-state index contributed by atoms with van der Waals surface area (Å²) in [5.41, 5.74) is 1.90. The van der Waals surface area contributed by atoms with Gasteiger partial charge in [0.2, 0.25) is 0 Å². The third-order valence-electron chi connectivity index (χ3n) is 5.43. The van der Waals surface area contributed by atoms with Gasteiger partial charge in [0.1, 0.15) is 11.6 Å². The zero-order chi connectivity index (χ0) is 18.6. The van der Waals surface area contributed by atoms with E-state index >= 15 is 0 Å². The average molecular weight is 366 g/mol. The summed E-state index contributed by atoms with van der Waals surface area (Å²) in [6.45, 7) is 5.08. The van der Waals surface area contributed by atoms with Crippen molar-refractivity contribution in [3.05, 3.63) is 48.2 Å². The molecule has 1 aromatic carbocycles. The van der Waals surface area contributed by atoms with Gasteiger partial charge in [-0.1, -0.05) is 0 Å². The number of anilines is 2. The molecule has 0 bridgehead atoms. The number of hydrogen-bond acceptors (Lipinski definition) is 5. The van der Waals surface area contributed by atoms with Crippen molar-refractivity contribution < 1.29 is 9.53 Å². The van der Waals surface area contributed by atoms with Crippen LogP contribution in [0.5, 0.6) is 5.75 Å². The van der Waals surface area contributed by atoms with Crippen molar-refractivity contribution in [2.75, 3.05) is 56.2 Å². The Kier molecular flexibility index (Phi) is 5.14. The highest BCUT2D eigenvalue weighted by Gasteiger charge is 2.26. The zero-order valence-electron chi connectivity index (χ0n) is 15.8. The van der Waals surface area contributed by atoms with Crippen molar-refractivity contribution in [3.8, 4) is 5.75 Å². The van der Waals surface area contributed by atoms with Crippen molar-refractivity contribution in [1.29, 1.82) is 0 Å². The summed E-state index contributed by atoms with van der Waals surface area (Å²) in [6, 6.07) is 11.9. The van der Waals surface area contributed by atoms with E-state index in [1.165, 1.54) is 18.5 Å². The molecule has 0 spiro atoms. The summed E-state index contributed by atoms with van der Waals surface area (Å²) >= 11 is 0. The molecule has 1 aromatic heterocycles. The molecular weight excluding hydrogens is 340 g/mol. The van der Waals surface area contributed by atoms with Crippen LogP contribution in [0.2, 0.25) is 0 Å². The maximum absolute atomic E-state index is 13.1. The molecular formula is C21H26N4O2. The third-order valence-corrected chi connectivity index (χ3v) is 5.43. The number of pyridine rings is 1. The second-order valence-corrected chi connectivity index (χ2v) is 7.05. The van der Waals surface area contributed by atoms with Crippen LogP contribution in [0.3, 0.4) is 0 Å². The highest BCUT2D eigenvalue weighted by Crippen LogP contribution is 2.25. The standard InChI is InChI=1S/C21H26N4O2/c1-27-18-8-6-17(7-9-18)23-13-15-25(16-14-23)21(26)19-5-4-10-22-20(19)24-11-2-3-12-24/h4-10H,2-3,11-16H2,1H3. The lowest BCUT2D eigenvalue weighted by molar-refractivity contribution is 0.0747. The highest BCUT2D eigenvalue weighted by molar-refractivity contribution is 5.99. The number of methoxy groups -OCH3 is 1. The topological polar surface area (TPSA) is 48.9 Å². The monoisotopic (exact) mass is 366 g/mol. The molecule has 0 saturated carbocycles.